The highest BCUT2D eigenvalue weighted by atomic mass is 32.2. The van der Waals surface area contributed by atoms with Gasteiger partial charge in [-0.3, -0.25) is 9.59 Å². The van der Waals surface area contributed by atoms with E-state index in [0.717, 1.165) is 34.9 Å². The van der Waals surface area contributed by atoms with Crippen molar-refractivity contribution in [1.29, 1.82) is 0 Å². The van der Waals surface area contributed by atoms with E-state index in [1.165, 1.54) is 24.8 Å². The van der Waals surface area contributed by atoms with Gasteiger partial charge in [0, 0.05) is 30.9 Å². The van der Waals surface area contributed by atoms with Crippen LogP contribution in [0.3, 0.4) is 0 Å². The van der Waals surface area contributed by atoms with Crippen molar-refractivity contribution in [2.75, 3.05) is 14.1 Å². The van der Waals surface area contributed by atoms with Gasteiger partial charge in [-0.1, -0.05) is 38.0 Å². The zero-order valence-corrected chi connectivity index (χ0v) is 19.4. The lowest BCUT2D eigenvalue weighted by Gasteiger charge is -2.11. The number of aryl methyl sites for hydroxylation is 1. The molecule has 0 aliphatic rings. The minimum Gasteiger partial charge on any atom is -0.346 e. The molecule has 166 valence electrons. The molecule has 1 N–H and O–H groups in total. The first-order valence-electron chi connectivity index (χ1n) is 10.0. The fourth-order valence-corrected chi connectivity index (χ4v) is 5.55. The normalized spacial score (nSPS) is 11.9. The molecule has 0 unspecified atom stereocenters. The highest BCUT2D eigenvalue weighted by molar-refractivity contribution is 7.91. The fourth-order valence-electron chi connectivity index (χ4n) is 3.09. The molecule has 0 saturated heterocycles. The maximum atomic E-state index is 12.9. The Kier molecular flexibility index (Phi) is 7.24. The molecule has 0 aliphatic carbocycles. The molecule has 3 rings (SSSR count). The summed E-state index contributed by atoms with van der Waals surface area (Å²) in [5.74, 6) is -0.411. The lowest BCUT2D eigenvalue weighted by molar-refractivity contribution is 0.0945. The number of rotatable bonds is 9. The van der Waals surface area contributed by atoms with Gasteiger partial charge in [0.05, 0.1) is 11.9 Å². The van der Waals surface area contributed by atoms with Crippen molar-refractivity contribution in [2.24, 2.45) is 0 Å². The minimum atomic E-state index is -3.51. The second-order valence-corrected chi connectivity index (χ2v) is 10.9. The number of benzene rings is 1. The van der Waals surface area contributed by atoms with Crippen molar-refractivity contribution in [3.63, 3.8) is 0 Å². The molecule has 0 radical (unpaired) electrons. The molecule has 1 aromatic carbocycles. The van der Waals surface area contributed by atoms with Gasteiger partial charge in [-0.2, -0.15) is 5.10 Å². The summed E-state index contributed by atoms with van der Waals surface area (Å²) in [6.07, 6.45) is 2.79. The Labute approximate surface area is 185 Å². The first-order chi connectivity index (χ1) is 14.8. The molecule has 0 aliphatic heterocycles. The van der Waals surface area contributed by atoms with E-state index in [-0.39, 0.29) is 22.0 Å². The van der Waals surface area contributed by atoms with Gasteiger partial charge in [0.25, 0.3) is 21.5 Å². The van der Waals surface area contributed by atoms with E-state index < -0.39 is 15.9 Å². The highest BCUT2D eigenvalue weighted by Crippen LogP contribution is 2.23. The third kappa shape index (κ3) is 5.03. The van der Waals surface area contributed by atoms with E-state index >= 15 is 0 Å². The standard InChI is InChI=1S/C21H26N4O4S2/c1-4-5-8-13-25-21(27)17-10-7-6-9-16(17)19(23-25)20(26)22-14-15-11-12-18(30-15)31(28,29)24(2)3/h6-7,9-12H,4-5,8,13-14H2,1-3H3,(H,22,26). The quantitative estimate of drug-likeness (QED) is 0.493. The molecule has 10 heteroatoms. The van der Waals surface area contributed by atoms with Crippen molar-refractivity contribution in [2.45, 2.75) is 43.5 Å². The summed E-state index contributed by atoms with van der Waals surface area (Å²) in [5, 5.41) is 8.10. The lowest BCUT2D eigenvalue weighted by Crippen LogP contribution is -2.30. The Morgan fingerprint density at radius 1 is 1.13 bits per heavy atom. The Balaban J connectivity index is 1.85. The SMILES string of the molecule is CCCCCn1nc(C(=O)NCc2ccc(S(=O)(=O)N(C)C)s2)c2ccccc2c1=O. The summed E-state index contributed by atoms with van der Waals surface area (Å²) in [7, 11) is -0.559. The molecule has 8 nitrogen and oxygen atoms in total. The zero-order valence-electron chi connectivity index (χ0n) is 17.8. The average molecular weight is 463 g/mol. The van der Waals surface area contributed by atoms with Crippen LogP contribution in [-0.4, -0.2) is 42.5 Å². The Hall–Kier alpha value is -2.56. The smallest absolute Gasteiger partial charge is 0.274 e. The number of carbonyl (C=O) groups excluding carboxylic acids is 1. The van der Waals surface area contributed by atoms with Crippen LogP contribution in [0.2, 0.25) is 0 Å². The number of thiophene rings is 1. The van der Waals surface area contributed by atoms with Gasteiger partial charge in [-0.25, -0.2) is 17.4 Å². The van der Waals surface area contributed by atoms with Crippen LogP contribution in [0.5, 0.6) is 0 Å². The number of fused-ring (bicyclic) bond motifs is 1. The van der Waals surface area contributed by atoms with Crippen molar-refractivity contribution < 1.29 is 13.2 Å². The van der Waals surface area contributed by atoms with Gasteiger partial charge in [-0.15, -0.1) is 11.3 Å². The van der Waals surface area contributed by atoms with Crippen LogP contribution < -0.4 is 10.9 Å². The molecular formula is C21H26N4O4S2. The number of nitrogens with one attached hydrogen (secondary N) is 1. The molecule has 31 heavy (non-hydrogen) atoms. The van der Waals surface area contributed by atoms with E-state index in [1.807, 2.05) is 0 Å². The summed E-state index contributed by atoms with van der Waals surface area (Å²) in [6, 6.07) is 10.1. The molecule has 1 amide bonds. The Morgan fingerprint density at radius 2 is 1.84 bits per heavy atom. The van der Waals surface area contributed by atoms with Gasteiger partial charge in [0.15, 0.2) is 5.69 Å². The fraction of sp³-hybridized carbons (Fsp3) is 0.381. The van der Waals surface area contributed by atoms with E-state index in [1.54, 1.807) is 30.3 Å². The second kappa shape index (κ2) is 9.71. The number of nitrogens with zero attached hydrogens (tertiary/aromatic N) is 3. The van der Waals surface area contributed by atoms with Crippen LogP contribution in [0, 0.1) is 0 Å². The number of amides is 1. The predicted octanol–water partition coefficient (Wildman–Crippen LogP) is 2.83. The second-order valence-electron chi connectivity index (χ2n) is 7.32. The van der Waals surface area contributed by atoms with E-state index in [0.29, 0.717) is 22.2 Å². The summed E-state index contributed by atoms with van der Waals surface area (Å²) in [6.45, 7) is 2.70. The molecule has 0 fully saturated rings. The minimum absolute atomic E-state index is 0.164. The molecular weight excluding hydrogens is 436 g/mol. The van der Waals surface area contributed by atoms with Crippen molar-refractivity contribution in [3.05, 3.63) is 57.3 Å². The zero-order chi connectivity index (χ0) is 22.6. The third-order valence-electron chi connectivity index (χ3n) is 4.85. The van der Waals surface area contributed by atoms with E-state index in [4.69, 9.17) is 0 Å². The third-order valence-corrected chi connectivity index (χ3v) is 8.22. The summed E-state index contributed by atoms with van der Waals surface area (Å²) >= 11 is 1.11. The van der Waals surface area contributed by atoms with Crippen LogP contribution in [0.25, 0.3) is 10.8 Å². The average Bonchev–Trinajstić information content (AvgIpc) is 3.23. The largest absolute Gasteiger partial charge is 0.346 e. The van der Waals surface area contributed by atoms with E-state index in [9.17, 15) is 18.0 Å². The predicted molar refractivity (Wildman–Crippen MR) is 122 cm³/mol. The number of aromatic nitrogens is 2. The maximum Gasteiger partial charge on any atom is 0.274 e. The van der Waals surface area contributed by atoms with Crippen molar-refractivity contribution in [1.82, 2.24) is 19.4 Å². The number of carbonyl (C=O) groups is 1. The summed E-state index contributed by atoms with van der Waals surface area (Å²) in [4.78, 5) is 26.4. The summed E-state index contributed by atoms with van der Waals surface area (Å²) < 4.78 is 27.2. The van der Waals surface area contributed by atoms with Crippen LogP contribution in [0.4, 0.5) is 0 Å². The van der Waals surface area contributed by atoms with Gasteiger partial charge in [0.1, 0.15) is 4.21 Å². The van der Waals surface area contributed by atoms with Crippen molar-refractivity contribution >= 4 is 38.0 Å². The first kappa shape index (κ1) is 23.1. The molecule has 0 atom stereocenters. The van der Waals surface area contributed by atoms with Gasteiger partial charge in [0.2, 0.25) is 0 Å². The molecule has 3 aromatic rings. The van der Waals surface area contributed by atoms with Crippen LogP contribution in [-0.2, 0) is 23.1 Å². The molecule has 2 heterocycles. The maximum absolute atomic E-state index is 12.9. The van der Waals surface area contributed by atoms with Gasteiger partial charge < -0.3 is 5.32 Å². The number of hydrogen-bond donors (Lipinski definition) is 1. The topological polar surface area (TPSA) is 101 Å². The Bertz CT molecular complexity index is 1250. The highest BCUT2D eigenvalue weighted by Gasteiger charge is 2.20. The monoisotopic (exact) mass is 462 g/mol. The van der Waals surface area contributed by atoms with E-state index in [2.05, 4.69) is 17.3 Å². The first-order valence-corrected chi connectivity index (χ1v) is 12.3. The molecule has 0 bridgehead atoms. The number of unbranched alkanes of at least 4 members (excludes halogenated alkanes) is 2. The molecule has 0 spiro atoms. The lowest BCUT2D eigenvalue weighted by atomic mass is 10.1. The van der Waals surface area contributed by atoms with Crippen LogP contribution in [0.15, 0.2) is 45.4 Å². The number of sulfonamides is 1. The van der Waals surface area contributed by atoms with Crippen LogP contribution >= 0.6 is 11.3 Å². The van der Waals surface area contributed by atoms with Gasteiger partial charge >= 0.3 is 0 Å². The molecule has 2 aromatic heterocycles. The summed E-state index contributed by atoms with van der Waals surface area (Å²) in [5.41, 5.74) is -0.0237. The number of hydrogen-bond acceptors (Lipinski definition) is 6. The molecule has 0 saturated carbocycles. The van der Waals surface area contributed by atoms with Crippen LogP contribution in [0.1, 0.15) is 41.6 Å². The van der Waals surface area contributed by atoms with Crippen molar-refractivity contribution in [3.8, 4) is 0 Å². The van der Waals surface area contributed by atoms with Gasteiger partial charge in [-0.05, 0) is 24.6 Å². The Morgan fingerprint density at radius 3 is 2.52 bits per heavy atom.